The number of aliphatic hydroxyl groups is 1. The number of allylic oxidation sites excluding steroid dienone is 1. The molecule has 0 amide bonds. The van der Waals surface area contributed by atoms with Crippen molar-refractivity contribution in [1.82, 2.24) is 0 Å². The molecule has 0 aromatic heterocycles. The van der Waals surface area contributed by atoms with Crippen LogP contribution >= 0.6 is 11.6 Å². The third-order valence-corrected chi connectivity index (χ3v) is 2.83. The molecule has 2 nitrogen and oxygen atoms in total. The molecule has 0 saturated heterocycles. The number of rotatable bonds is 2. The van der Waals surface area contributed by atoms with E-state index in [4.69, 9.17) is 16.3 Å². The van der Waals surface area contributed by atoms with Gasteiger partial charge in [0.25, 0.3) is 0 Å². The Balaban J connectivity index is 2.25. The topological polar surface area (TPSA) is 29.5 Å². The van der Waals surface area contributed by atoms with Gasteiger partial charge in [-0.1, -0.05) is 17.7 Å². The van der Waals surface area contributed by atoms with Gasteiger partial charge in [0.2, 0.25) is 0 Å². The maximum absolute atomic E-state index is 10.1. The molecule has 1 aliphatic rings. The van der Waals surface area contributed by atoms with Gasteiger partial charge < -0.3 is 9.84 Å². The van der Waals surface area contributed by atoms with Crippen LogP contribution in [0.2, 0.25) is 5.02 Å². The predicted octanol–water partition coefficient (Wildman–Crippen LogP) is 3.38. The van der Waals surface area contributed by atoms with Gasteiger partial charge in [-0.3, -0.25) is 0 Å². The van der Waals surface area contributed by atoms with Crippen LogP contribution in [0.3, 0.4) is 0 Å². The molecule has 16 heavy (non-hydrogen) atoms. The second kappa shape index (κ2) is 4.89. The van der Waals surface area contributed by atoms with Gasteiger partial charge in [-0.2, -0.15) is 0 Å². The van der Waals surface area contributed by atoms with E-state index in [0.717, 1.165) is 24.0 Å². The highest BCUT2D eigenvalue weighted by atomic mass is 35.5. The van der Waals surface area contributed by atoms with Crippen molar-refractivity contribution in [1.29, 1.82) is 0 Å². The van der Waals surface area contributed by atoms with E-state index >= 15 is 0 Å². The molecule has 0 spiro atoms. The second-order valence-electron chi connectivity index (χ2n) is 4.06. The zero-order valence-electron chi connectivity index (χ0n) is 9.24. The Hall–Kier alpha value is -0.990. The van der Waals surface area contributed by atoms with Crippen LogP contribution in [0.25, 0.3) is 0 Å². The van der Waals surface area contributed by atoms with Crippen LogP contribution in [0.1, 0.15) is 30.1 Å². The summed E-state index contributed by atoms with van der Waals surface area (Å²) in [5, 5.41) is 10.8. The standard InChI is InChI=1S/C13H15ClO2/c1-9-6-10(8-11(14)7-9)13(15)12-4-2-3-5-16-12/h4,6-8,13,15H,2-3,5H2,1H3. The van der Waals surface area contributed by atoms with Crippen LogP contribution in [-0.4, -0.2) is 11.7 Å². The Morgan fingerprint density at radius 1 is 1.38 bits per heavy atom. The first-order chi connectivity index (χ1) is 7.66. The molecule has 3 heteroatoms. The molecule has 1 unspecified atom stereocenters. The third-order valence-electron chi connectivity index (χ3n) is 2.61. The summed E-state index contributed by atoms with van der Waals surface area (Å²) in [6, 6.07) is 5.57. The van der Waals surface area contributed by atoms with Crippen LogP contribution in [0.15, 0.2) is 30.0 Å². The van der Waals surface area contributed by atoms with Crippen molar-refractivity contribution in [3.05, 3.63) is 46.2 Å². The van der Waals surface area contributed by atoms with E-state index < -0.39 is 6.10 Å². The lowest BCUT2D eigenvalue weighted by atomic mass is 10.0. The van der Waals surface area contributed by atoms with Crippen molar-refractivity contribution < 1.29 is 9.84 Å². The quantitative estimate of drug-likeness (QED) is 0.856. The fraction of sp³-hybridized carbons (Fsp3) is 0.385. The van der Waals surface area contributed by atoms with E-state index in [2.05, 4.69) is 0 Å². The smallest absolute Gasteiger partial charge is 0.136 e. The summed E-state index contributed by atoms with van der Waals surface area (Å²) in [5.41, 5.74) is 1.83. The minimum atomic E-state index is -0.697. The Labute approximate surface area is 101 Å². The molecule has 1 N–H and O–H groups in total. The highest BCUT2D eigenvalue weighted by molar-refractivity contribution is 6.30. The van der Waals surface area contributed by atoms with E-state index in [-0.39, 0.29) is 0 Å². The molecule has 0 aliphatic carbocycles. The van der Waals surface area contributed by atoms with Crippen molar-refractivity contribution in [2.24, 2.45) is 0 Å². The SMILES string of the molecule is Cc1cc(Cl)cc(C(O)C2=CCCCO2)c1. The molecule has 1 aliphatic heterocycles. The first-order valence-corrected chi connectivity index (χ1v) is 5.82. The molecule has 0 radical (unpaired) electrons. The van der Waals surface area contributed by atoms with Gasteiger partial charge in [-0.05, 0) is 49.1 Å². The van der Waals surface area contributed by atoms with Gasteiger partial charge in [0.15, 0.2) is 0 Å². The maximum Gasteiger partial charge on any atom is 0.136 e. The summed E-state index contributed by atoms with van der Waals surface area (Å²) < 4.78 is 5.44. The predicted molar refractivity (Wildman–Crippen MR) is 64.4 cm³/mol. The molecule has 1 aromatic carbocycles. The van der Waals surface area contributed by atoms with Crippen molar-refractivity contribution in [2.75, 3.05) is 6.61 Å². The monoisotopic (exact) mass is 238 g/mol. The molecular formula is C13H15ClO2. The molecule has 1 heterocycles. The van der Waals surface area contributed by atoms with Crippen LogP contribution < -0.4 is 0 Å². The van der Waals surface area contributed by atoms with Crippen molar-refractivity contribution in [3.8, 4) is 0 Å². The Morgan fingerprint density at radius 3 is 2.81 bits per heavy atom. The van der Waals surface area contributed by atoms with Gasteiger partial charge in [-0.25, -0.2) is 0 Å². The van der Waals surface area contributed by atoms with Gasteiger partial charge >= 0.3 is 0 Å². The highest BCUT2D eigenvalue weighted by Gasteiger charge is 2.17. The Morgan fingerprint density at radius 2 is 2.19 bits per heavy atom. The van der Waals surface area contributed by atoms with Gasteiger partial charge in [0.05, 0.1) is 6.61 Å². The second-order valence-corrected chi connectivity index (χ2v) is 4.50. The van der Waals surface area contributed by atoms with Gasteiger partial charge in [0.1, 0.15) is 11.9 Å². The number of ether oxygens (including phenoxy) is 1. The summed E-state index contributed by atoms with van der Waals surface area (Å²) in [5.74, 6) is 0.646. The number of aliphatic hydroxyl groups excluding tert-OH is 1. The van der Waals surface area contributed by atoms with Gasteiger partial charge in [-0.15, -0.1) is 0 Å². The zero-order chi connectivity index (χ0) is 11.5. The Bertz CT molecular complexity index is 392. The van der Waals surface area contributed by atoms with Crippen LogP contribution in [-0.2, 0) is 4.74 Å². The van der Waals surface area contributed by atoms with Crippen molar-refractivity contribution in [3.63, 3.8) is 0 Å². The minimum Gasteiger partial charge on any atom is -0.495 e. The molecular weight excluding hydrogens is 224 g/mol. The van der Waals surface area contributed by atoms with E-state index in [1.54, 1.807) is 6.07 Å². The fourth-order valence-electron chi connectivity index (χ4n) is 1.85. The van der Waals surface area contributed by atoms with Crippen molar-refractivity contribution >= 4 is 11.6 Å². The van der Waals surface area contributed by atoms with E-state index in [1.165, 1.54) is 0 Å². The maximum atomic E-state index is 10.1. The number of hydrogen-bond donors (Lipinski definition) is 1. The molecule has 2 rings (SSSR count). The van der Waals surface area contributed by atoms with Crippen LogP contribution in [0.4, 0.5) is 0 Å². The van der Waals surface area contributed by atoms with E-state index in [1.807, 2.05) is 25.1 Å². The largest absolute Gasteiger partial charge is 0.495 e. The Kier molecular flexibility index (Phi) is 3.52. The first-order valence-electron chi connectivity index (χ1n) is 5.45. The first kappa shape index (κ1) is 11.5. The summed E-state index contributed by atoms with van der Waals surface area (Å²) in [6.07, 6.45) is 3.24. The summed E-state index contributed by atoms with van der Waals surface area (Å²) in [6.45, 7) is 2.64. The summed E-state index contributed by atoms with van der Waals surface area (Å²) >= 11 is 5.96. The minimum absolute atomic E-state index is 0.644. The summed E-state index contributed by atoms with van der Waals surface area (Å²) in [7, 11) is 0. The zero-order valence-corrected chi connectivity index (χ0v) is 10.00. The summed E-state index contributed by atoms with van der Waals surface area (Å²) in [4.78, 5) is 0. The van der Waals surface area contributed by atoms with Crippen LogP contribution in [0.5, 0.6) is 0 Å². The molecule has 1 atom stereocenters. The third kappa shape index (κ3) is 2.57. The number of halogens is 1. The average Bonchev–Trinajstić information content (AvgIpc) is 2.28. The highest BCUT2D eigenvalue weighted by Crippen LogP contribution is 2.28. The molecule has 0 fully saturated rings. The van der Waals surface area contributed by atoms with Crippen LogP contribution in [0, 0.1) is 6.92 Å². The number of aryl methyl sites for hydroxylation is 1. The lowest BCUT2D eigenvalue weighted by Gasteiger charge is -2.20. The van der Waals surface area contributed by atoms with Crippen molar-refractivity contribution in [2.45, 2.75) is 25.9 Å². The van der Waals surface area contributed by atoms with E-state index in [0.29, 0.717) is 17.4 Å². The van der Waals surface area contributed by atoms with Gasteiger partial charge in [0, 0.05) is 5.02 Å². The molecule has 86 valence electrons. The molecule has 0 bridgehead atoms. The molecule has 1 aromatic rings. The molecule has 0 saturated carbocycles. The lowest BCUT2D eigenvalue weighted by Crippen LogP contribution is -2.10. The average molecular weight is 239 g/mol. The lowest BCUT2D eigenvalue weighted by molar-refractivity contribution is 0.0918. The number of hydrogen-bond acceptors (Lipinski definition) is 2. The fourth-order valence-corrected chi connectivity index (χ4v) is 2.15. The normalized spacial score (nSPS) is 17.6. The van der Waals surface area contributed by atoms with E-state index in [9.17, 15) is 5.11 Å². The number of benzene rings is 1.